The van der Waals surface area contributed by atoms with Gasteiger partial charge in [-0.25, -0.2) is 0 Å². The van der Waals surface area contributed by atoms with E-state index in [0.717, 1.165) is 25.7 Å². The van der Waals surface area contributed by atoms with E-state index in [0.29, 0.717) is 18.3 Å². The van der Waals surface area contributed by atoms with Crippen molar-refractivity contribution >= 4 is 5.97 Å². The zero-order chi connectivity index (χ0) is 21.2. The normalized spacial score (nSPS) is 47.7. The lowest BCUT2D eigenvalue weighted by Gasteiger charge is -2.61. The van der Waals surface area contributed by atoms with Crippen LogP contribution in [0.4, 0.5) is 0 Å². The molecule has 6 heteroatoms. The Morgan fingerprint density at radius 1 is 0.897 bits per heavy atom. The first-order valence-corrected chi connectivity index (χ1v) is 11.6. The third kappa shape index (κ3) is 2.93. The lowest BCUT2D eigenvalue weighted by molar-refractivity contribution is -0.372. The van der Waals surface area contributed by atoms with Gasteiger partial charge in [0.05, 0.1) is 0 Å². The number of carboxylic acid groups (broad SMARTS) is 1. The fourth-order valence-electron chi connectivity index (χ4n) is 8.61. The van der Waals surface area contributed by atoms with Crippen LogP contribution in [0.2, 0.25) is 0 Å². The Balaban J connectivity index is 1.67. The van der Waals surface area contributed by atoms with Crippen LogP contribution in [0.25, 0.3) is 0 Å². The highest BCUT2D eigenvalue weighted by atomic mass is 16.6. The molecule has 4 aliphatic rings. The molecule has 0 amide bonds. The van der Waals surface area contributed by atoms with E-state index in [1.165, 1.54) is 25.7 Å². The Bertz CT molecular complexity index is 660. The molecular weight excluding hydrogens is 372 g/mol. The zero-order valence-electron chi connectivity index (χ0n) is 17.8. The van der Waals surface area contributed by atoms with Crippen molar-refractivity contribution in [2.24, 2.45) is 40.4 Å². The van der Waals surface area contributed by atoms with E-state index in [1.54, 1.807) is 0 Å². The van der Waals surface area contributed by atoms with Gasteiger partial charge in [-0.05, 0) is 80.0 Å². The minimum Gasteiger partial charge on any atom is -0.481 e. The number of carbonyl (C=O) groups is 1. The predicted molar refractivity (Wildman–Crippen MR) is 106 cm³/mol. The van der Waals surface area contributed by atoms with Crippen molar-refractivity contribution in [1.82, 2.24) is 0 Å². The second-order valence-corrected chi connectivity index (χ2v) is 11.1. The van der Waals surface area contributed by atoms with Crippen molar-refractivity contribution < 1.29 is 30.3 Å². The van der Waals surface area contributed by atoms with Crippen LogP contribution in [0.5, 0.6) is 0 Å². The predicted octanol–water partition coefficient (Wildman–Crippen LogP) is 2.87. The highest BCUT2D eigenvalue weighted by molar-refractivity contribution is 5.66. The van der Waals surface area contributed by atoms with Gasteiger partial charge in [0.25, 0.3) is 0 Å². The van der Waals surface area contributed by atoms with Gasteiger partial charge in [-0.3, -0.25) is 4.79 Å². The zero-order valence-corrected chi connectivity index (χ0v) is 17.8. The lowest BCUT2D eigenvalue weighted by Crippen LogP contribution is -2.60. The Labute approximate surface area is 173 Å². The Morgan fingerprint density at radius 3 is 2.31 bits per heavy atom. The SMILES string of the molecule is CC12CCCCC1CCC1C2CCC2(C)C(CCCC(=O)O)C(O)(O)C(O)(O)C12. The molecule has 4 saturated carbocycles. The Kier molecular flexibility index (Phi) is 5.13. The maximum Gasteiger partial charge on any atom is 0.303 e. The summed E-state index contributed by atoms with van der Waals surface area (Å²) in [6.07, 6.45) is 9.15. The van der Waals surface area contributed by atoms with Gasteiger partial charge in [0.15, 0.2) is 0 Å². The van der Waals surface area contributed by atoms with Crippen molar-refractivity contribution in [2.45, 2.75) is 96.1 Å². The molecule has 0 radical (unpaired) electrons. The number of carboxylic acids is 1. The smallest absolute Gasteiger partial charge is 0.303 e. The number of hydrogen-bond acceptors (Lipinski definition) is 5. The number of rotatable bonds is 4. The van der Waals surface area contributed by atoms with Gasteiger partial charge in [-0.15, -0.1) is 0 Å². The average molecular weight is 411 g/mol. The minimum atomic E-state index is -2.62. The molecular formula is C23H38O6. The molecule has 4 fully saturated rings. The molecule has 5 N–H and O–H groups in total. The molecule has 0 spiro atoms. The summed E-state index contributed by atoms with van der Waals surface area (Å²) in [5.41, 5.74) is -0.419. The van der Waals surface area contributed by atoms with E-state index < -0.39 is 34.8 Å². The first-order valence-electron chi connectivity index (χ1n) is 11.6. The topological polar surface area (TPSA) is 118 Å². The van der Waals surface area contributed by atoms with Crippen LogP contribution in [-0.2, 0) is 4.79 Å². The second-order valence-electron chi connectivity index (χ2n) is 11.1. The first-order chi connectivity index (χ1) is 13.5. The molecule has 7 unspecified atom stereocenters. The highest BCUT2D eigenvalue weighted by Crippen LogP contribution is 2.71. The maximum atomic E-state index is 11.1. The van der Waals surface area contributed by atoms with E-state index in [2.05, 4.69) is 6.92 Å². The van der Waals surface area contributed by atoms with E-state index >= 15 is 0 Å². The summed E-state index contributed by atoms with van der Waals surface area (Å²) in [5, 5.41) is 53.1. The van der Waals surface area contributed by atoms with Gasteiger partial charge in [0.1, 0.15) is 0 Å². The number of fused-ring (bicyclic) bond motifs is 5. The van der Waals surface area contributed by atoms with Crippen molar-refractivity contribution in [1.29, 1.82) is 0 Å². The molecule has 7 atom stereocenters. The van der Waals surface area contributed by atoms with Gasteiger partial charge in [-0.1, -0.05) is 26.7 Å². The lowest BCUT2D eigenvalue weighted by atomic mass is 9.44. The molecule has 0 aromatic heterocycles. The average Bonchev–Trinajstić information content (AvgIpc) is 2.74. The standard InChI is InChI=1S/C23H38O6/c1-20-12-4-3-6-14(20)9-10-15-16(20)11-13-21(2)17(7-5-8-18(24)25)22(26,27)23(28,29)19(15)21/h14-17,19,26-29H,3-13H2,1-2H3,(H,24,25). The summed E-state index contributed by atoms with van der Waals surface area (Å²) in [7, 11) is 0. The van der Waals surface area contributed by atoms with Crippen LogP contribution >= 0.6 is 0 Å². The third-order valence-electron chi connectivity index (χ3n) is 9.94. The molecule has 29 heavy (non-hydrogen) atoms. The van der Waals surface area contributed by atoms with Gasteiger partial charge in [0.2, 0.25) is 11.6 Å². The molecule has 6 nitrogen and oxygen atoms in total. The molecule has 0 bridgehead atoms. The highest BCUT2D eigenvalue weighted by Gasteiger charge is 2.76. The molecule has 4 aliphatic carbocycles. The summed E-state index contributed by atoms with van der Waals surface area (Å²) in [4.78, 5) is 11.0. The number of aliphatic hydroxyl groups is 4. The maximum absolute atomic E-state index is 11.1. The van der Waals surface area contributed by atoms with Crippen LogP contribution in [0, 0.1) is 40.4 Å². The molecule has 4 rings (SSSR count). The van der Waals surface area contributed by atoms with Crippen LogP contribution in [-0.4, -0.2) is 43.1 Å². The quantitative estimate of drug-likeness (QED) is 0.455. The number of aliphatic carboxylic acids is 1. The fourth-order valence-corrected chi connectivity index (χ4v) is 8.61. The number of hydrogen-bond donors (Lipinski definition) is 5. The Morgan fingerprint density at radius 2 is 1.62 bits per heavy atom. The van der Waals surface area contributed by atoms with Gasteiger partial charge < -0.3 is 25.5 Å². The molecule has 0 aliphatic heterocycles. The van der Waals surface area contributed by atoms with Crippen LogP contribution in [0.3, 0.4) is 0 Å². The van der Waals surface area contributed by atoms with Crippen molar-refractivity contribution in [2.75, 3.05) is 0 Å². The van der Waals surface area contributed by atoms with E-state index in [1.807, 2.05) is 6.92 Å². The third-order valence-corrected chi connectivity index (χ3v) is 9.94. The fraction of sp³-hybridized carbons (Fsp3) is 0.957. The summed E-state index contributed by atoms with van der Waals surface area (Å²) in [5.74, 6) is -6.32. The summed E-state index contributed by atoms with van der Waals surface area (Å²) < 4.78 is 0. The van der Waals surface area contributed by atoms with Crippen LogP contribution < -0.4 is 0 Å². The largest absolute Gasteiger partial charge is 0.481 e. The van der Waals surface area contributed by atoms with Gasteiger partial charge in [-0.2, -0.15) is 0 Å². The molecule has 0 heterocycles. The molecule has 166 valence electrons. The van der Waals surface area contributed by atoms with Crippen molar-refractivity contribution in [3.63, 3.8) is 0 Å². The van der Waals surface area contributed by atoms with Gasteiger partial charge in [0, 0.05) is 18.3 Å². The summed E-state index contributed by atoms with van der Waals surface area (Å²) >= 11 is 0. The van der Waals surface area contributed by atoms with E-state index in [-0.39, 0.29) is 24.2 Å². The van der Waals surface area contributed by atoms with Gasteiger partial charge >= 0.3 is 5.97 Å². The van der Waals surface area contributed by atoms with Crippen LogP contribution in [0.1, 0.15) is 84.5 Å². The first kappa shape index (κ1) is 21.5. The van der Waals surface area contributed by atoms with E-state index in [4.69, 9.17) is 5.11 Å². The minimum absolute atomic E-state index is 0.0526. The van der Waals surface area contributed by atoms with Crippen molar-refractivity contribution in [3.8, 4) is 0 Å². The van der Waals surface area contributed by atoms with E-state index in [9.17, 15) is 25.2 Å². The summed E-state index contributed by atoms with van der Waals surface area (Å²) in [6, 6.07) is 0. The molecule has 0 aromatic carbocycles. The second kappa shape index (κ2) is 6.91. The van der Waals surface area contributed by atoms with Crippen molar-refractivity contribution in [3.05, 3.63) is 0 Å². The van der Waals surface area contributed by atoms with Crippen LogP contribution in [0.15, 0.2) is 0 Å². The monoisotopic (exact) mass is 410 g/mol. The Hall–Kier alpha value is -0.690. The summed E-state index contributed by atoms with van der Waals surface area (Å²) in [6.45, 7) is 4.36. The molecule has 0 aromatic rings. The molecule has 0 saturated heterocycles.